The fourth-order valence-corrected chi connectivity index (χ4v) is 3.14. The van der Waals surface area contributed by atoms with E-state index in [0.717, 1.165) is 5.56 Å². The third-order valence-corrected chi connectivity index (χ3v) is 4.83. The monoisotopic (exact) mass is 357 g/mol. The highest BCUT2D eigenvalue weighted by Gasteiger charge is 2.16. The van der Waals surface area contributed by atoms with Crippen LogP contribution in [0.2, 0.25) is 0 Å². The Balaban J connectivity index is 2.38. The Morgan fingerprint density at radius 2 is 1.70 bits per heavy atom. The van der Waals surface area contributed by atoms with Crippen molar-refractivity contribution in [2.75, 3.05) is 4.72 Å². The van der Waals surface area contributed by atoms with Crippen LogP contribution >= 0.6 is 15.9 Å². The molecule has 6 heteroatoms. The fraction of sp³-hybridized carbons (Fsp3) is 0.143. The number of sulfonamides is 1. The van der Waals surface area contributed by atoms with Crippen LogP contribution in [-0.4, -0.2) is 8.42 Å². The highest BCUT2D eigenvalue weighted by atomic mass is 79.9. The third-order valence-electron chi connectivity index (χ3n) is 2.84. The number of hydrogen-bond donors (Lipinski definition) is 1. The van der Waals surface area contributed by atoms with Crippen molar-refractivity contribution in [1.82, 2.24) is 0 Å². The molecule has 0 heterocycles. The van der Waals surface area contributed by atoms with Gasteiger partial charge in [-0.05, 0) is 59.6 Å². The smallest absolute Gasteiger partial charge is 0.261 e. The molecule has 2 aromatic rings. The average molecular weight is 358 g/mol. The van der Waals surface area contributed by atoms with Gasteiger partial charge in [0.2, 0.25) is 0 Å². The summed E-state index contributed by atoms with van der Waals surface area (Å²) in [4.78, 5) is 0.169. The molecular weight excluding hydrogens is 345 g/mol. The van der Waals surface area contributed by atoms with Crippen molar-refractivity contribution >= 4 is 31.6 Å². The Morgan fingerprint density at radius 1 is 1.10 bits per heavy atom. The van der Waals surface area contributed by atoms with Crippen molar-refractivity contribution < 1.29 is 12.8 Å². The van der Waals surface area contributed by atoms with Crippen LogP contribution in [0.25, 0.3) is 0 Å². The molecule has 1 N–H and O–H groups in total. The molecule has 2 aromatic carbocycles. The summed E-state index contributed by atoms with van der Waals surface area (Å²) in [7, 11) is -3.68. The van der Waals surface area contributed by atoms with Crippen LogP contribution in [0.15, 0.2) is 45.8 Å². The first-order chi connectivity index (χ1) is 9.29. The summed E-state index contributed by atoms with van der Waals surface area (Å²) >= 11 is 3.04. The number of nitrogens with one attached hydrogen (secondary N) is 1. The first kappa shape index (κ1) is 15.0. The van der Waals surface area contributed by atoms with E-state index in [1.807, 2.05) is 6.92 Å². The van der Waals surface area contributed by atoms with E-state index in [2.05, 4.69) is 20.7 Å². The molecule has 0 amide bonds. The molecule has 0 radical (unpaired) electrons. The van der Waals surface area contributed by atoms with E-state index in [0.29, 0.717) is 11.3 Å². The van der Waals surface area contributed by atoms with Crippen LogP contribution < -0.4 is 4.72 Å². The van der Waals surface area contributed by atoms with E-state index in [1.165, 1.54) is 24.3 Å². The van der Waals surface area contributed by atoms with Gasteiger partial charge in [0.05, 0.1) is 15.1 Å². The van der Waals surface area contributed by atoms with Gasteiger partial charge in [0.25, 0.3) is 10.0 Å². The Hall–Kier alpha value is -1.40. The highest BCUT2D eigenvalue weighted by Crippen LogP contribution is 2.26. The van der Waals surface area contributed by atoms with Crippen LogP contribution in [0, 0.1) is 19.7 Å². The topological polar surface area (TPSA) is 46.2 Å². The van der Waals surface area contributed by atoms with Gasteiger partial charge in [0.1, 0.15) is 5.82 Å². The van der Waals surface area contributed by atoms with E-state index in [1.54, 1.807) is 19.1 Å². The van der Waals surface area contributed by atoms with Crippen LogP contribution in [0.5, 0.6) is 0 Å². The summed E-state index contributed by atoms with van der Waals surface area (Å²) in [5.41, 5.74) is 1.84. The van der Waals surface area contributed by atoms with E-state index in [4.69, 9.17) is 0 Å². The van der Waals surface area contributed by atoms with Gasteiger partial charge in [-0.15, -0.1) is 0 Å². The summed E-state index contributed by atoms with van der Waals surface area (Å²) in [6, 6.07) is 9.20. The zero-order valence-electron chi connectivity index (χ0n) is 10.9. The summed E-state index contributed by atoms with van der Waals surface area (Å²) in [6.45, 7) is 3.52. The van der Waals surface area contributed by atoms with Crippen molar-refractivity contribution in [3.05, 3.63) is 57.8 Å². The van der Waals surface area contributed by atoms with Gasteiger partial charge in [0, 0.05) is 0 Å². The molecule has 3 nitrogen and oxygen atoms in total. The second-order valence-electron chi connectivity index (χ2n) is 4.50. The second kappa shape index (κ2) is 5.54. The van der Waals surface area contributed by atoms with Crippen LogP contribution in [0.1, 0.15) is 11.1 Å². The first-order valence-electron chi connectivity index (χ1n) is 5.85. The minimum absolute atomic E-state index is 0.169. The molecule has 0 aliphatic rings. The third kappa shape index (κ3) is 3.19. The van der Waals surface area contributed by atoms with Gasteiger partial charge in [-0.25, -0.2) is 12.8 Å². The number of rotatable bonds is 3. The van der Waals surface area contributed by atoms with E-state index in [-0.39, 0.29) is 9.37 Å². The molecule has 0 spiro atoms. The van der Waals surface area contributed by atoms with Crippen molar-refractivity contribution in [2.24, 2.45) is 0 Å². The fourth-order valence-electron chi connectivity index (χ4n) is 1.68. The summed E-state index contributed by atoms with van der Waals surface area (Å²) in [5, 5.41) is 0. The normalized spacial score (nSPS) is 11.4. The number of benzene rings is 2. The minimum atomic E-state index is -3.68. The molecule has 0 aromatic heterocycles. The maximum absolute atomic E-state index is 13.3. The van der Waals surface area contributed by atoms with Gasteiger partial charge in [0.15, 0.2) is 0 Å². The van der Waals surface area contributed by atoms with Gasteiger partial charge in [-0.3, -0.25) is 4.72 Å². The quantitative estimate of drug-likeness (QED) is 0.901. The molecule has 0 saturated carbocycles. The lowest BCUT2D eigenvalue weighted by Gasteiger charge is -2.11. The Morgan fingerprint density at radius 3 is 2.30 bits per heavy atom. The van der Waals surface area contributed by atoms with Gasteiger partial charge in [-0.2, -0.15) is 0 Å². The number of anilines is 1. The molecule has 106 valence electrons. The zero-order chi connectivity index (χ0) is 14.9. The molecule has 0 atom stereocenters. The molecule has 2 rings (SSSR count). The summed E-state index contributed by atoms with van der Waals surface area (Å²) < 4.78 is 40.5. The molecule has 0 aliphatic carbocycles. The molecule has 0 fully saturated rings. The molecule has 20 heavy (non-hydrogen) atoms. The van der Waals surface area contributed by atoms with E-state index < -0.39 is 15.8 Å². The predicted octanol–water partition coefficient (Wildman–Crippen LogP) is 4.01. The molecular formula is C14H13BrFNO2S. The van der Waals surface area contributed by atoms with E-state index >= 15 is 0 Å². The molecule has 0 saturated heterocycles. The van der Waals surface area contributed by atoms with Crippen molar-refractivity contribution in [3.63, 3.8) is 0 Å². The molecule has 0 bridgehead atoms. The number of halogens is 2. The average Bonchev–Trinajstić information content (AvgIpc) is 2.36. The SMILES string of the molecule is Cc1ccc(S(=O)(=O)Nc2cc(Br)c(F)cc2C)cc1. The summed E-state index contributed by atoms with van der Waals surface area (Å²) in [6.07, 6.45) is 0. The van der Waals surface area contributed by atoms with Crippen molar-refractivity contribution in [2.45, 2.75) is 18.7 Å². The lowest BCUT2D eigenvalue weighted by atomic mass is 10.2. The van der Waals surface area contributed by atoms with Crippen molar-refractivity contribution in [1.29, 1.82) is 0 Å². The molecule has 0 unspecified atom stereocenters. The van der Waals surface area contributed by atoms with Crippen LogP contribution in [0.4, 0.5) is 10.1 Å². The van der Waals surface area contributed by atoms with Gasteiger partial charge < -0.3 is 0 Å². The first-order valence-corrected chi connectivity index (χ1v) is 8.12. The van der Waals surface area contributed by atoms with Gasteiger partial charge in [-0.1, -0.05) is 17.7 Å². The second-order valence-corrected chi connectivity index (χ2v) is 7.04. The predicted molar refractivity (Wildman–Crippen MR) is 80.8 cm³/mol. The number of aryl methyl sites for hydroxylation is 2. The summed E-state index contributed by atoms with van der Waals surface area (Å²) in [5.74, 6) is -0.430. The van der Waals surface area contributed by atoms with Crippen molar-refractivity contribution in [3.8, 4) is 0 Å². The highest BCUT2D eigenvalue weighted by molar-refractivity contribution is 9.10. The maximum Gasteiger partial charge on any atom is 0.261 e. The molecule has 0 aliphatic heterocycles. The lowest BCUT2D eigenvalue weighted by molar-refractivity contribution is 0.600. The zero-order valence-corrected chi connectivity index (χ0v) is 13.3. The Kier molecular flexibility index (Phi) is 4.15. The Labute approximate surface area is 126 Å². The lowest BCUT2D eigenvalue weighted by Crippen LogP contribution is -2.14. The Bertz CT molecular complexity index is 743. The largest absolute Gasteiger partial charge is 0.279 e. The standard InChI is InChI=1S/C14H13BrFNO2S/c1-9-3-5-11(6-4-9)20(18,19)17-14-8-12(15)13(16)7-10(14)2/h3-8,17H,1-2H3. The number of hydrogen-bond acceptors (Lipinski definition) is 2. The van der Waals surface area contributed by atoms with Gasteiger partial charge >= 0.3 is 0 Å². The van der Waals surface area contributed by atoms with Crippen LogP contribution in [-0.2, 0) is 10.0 Å². The van der Waals surface area contributed by atoms with Crippen LogP contribution in [0.3, 0.4) is 0 Å². The van der Waals surface area contributed by atoms with E-state index in [9.17, 15) is 12.8 Å². The minimum Gasteiger partial charge on any atom is -0.279 e. The maximum atomic E-state index is 13.3.